The van der Waals surface area contributed by atoms with Crippen LogP contribution in [0.3, 0.4) is 0 Å². The molecule has 0 aliphatic carbocycles. The first-order valence-electron chi connectivity index (χ1n) is 10.9. The highest BCUT2D eigenvalue weighted by Gasteiger charge is 2.42. The molecule has 2 aliphatic rings. The van der Waals surface area contributed by atoms with Crippen LogP contribution in [0.25, 0.3) is 0 Å². The summed E-state index contributed by atoms with van der Waals surface area (Å²) in [4.78, 5) is 17.3. The number of halogens is 4. The molecule has 32 heavy (non-hydrogen) atoms. The van der Waals surface area contributed by atoms with Gasteiger partial charge in [0.15, 0.2) is 0 Å². The Labute approximate surface area is 185 Å². The first-order valence-corrected chi connectivity index (χ1v) is 10.9. The number of rotatable bonds is 4. The lowest BCUT2D eigenvalue weighted by Gasteiger charge is -2.49. The van der Waals surface area contributed by atoms with Crippen LogP contribution in [-0.4, -0.2) is 38.1 Å². The quantitative estimate of drug-likeness (QED) is 0.699. The predicted molar refractivity (Wildman–Crippen MR) is 116 cm³/mol. The zero-order chi connectivity index (χ0) is 23.0. The minimum atomic E-state index is -4.43. The third-order valence-electron chi connectivity index (χ3n) is 6.25. The molecule has 0 aromatic heterocycles. The number of hydrogen-bond donors (Lipinski definition) is 1. The number of piperazine rings is 1. The fraction of sp³-hybridized carbons (Fsp3) is 0.458. The zero-order valence-corrected chi connectivity index (χ0v) is 18.1. The van der Waals surface area contributed by atoms with Crippen LogP contribution in [0.1, 0.15) is 25.0 Å². The van der Waals surface area contributed by atoms with Crippen LogP contribution in [0.15, 0.2) is 42.5 Å². The molecule has 0 spiro atoms. The number of carbonyl (C=O) groups excluding carboxylic acids is 1. The second-order valence-electron chi connectivity index (χ2n) is 8.97. The Kier molecular flexibility index (Phi) is 6.05. The standard InChI is InChI=1S/C24H27F4N3O/c1-15(2)13-29-23(32)20-12-16-11-17(24(26,27)28)3-8-21(16)31-10-9-30(14-22(20)31)19-6-4-18(25)5-7-19/h3-8,11,15,20,22H,9-10,12-14H2,1-2H3,(H,29,32). The van der Waals surface area contributed by atoms with Crippen molar-refractivity contribution < 1.29 is 22.4 Å². The number of nitrogens with one attached hydrogen (secondary N) is 1. The maximum absolute atomic E-state index is 13.4. The van der Waals surface area contributed by atoms with Crippen LogP contribution < -0.4 is 15.1 Å². The van der Waals surface area contributed by atoms with Gasteiger partial charge < -0.3 is 15.1 Å². The Hall–Kier alpha value is -2.77. The average Bonchev–Trinajstić information content (AvgIpc) is 2.76. The molecule has 2 aromatic rings. The summed E-state index contributed by atoms with van der Waals surface area (Å²) in [5.41, 5.74) is 1.48. The Morgan fingerprint density at radius 3 is 2.50 bits per heavy atom. The molecule has 2 heterocycles. The van der Waals surface area contributed by atoms with Crippen molar-refractivity contribution in [3.05, 3.63) is 59.4 Å². The molecule has 4 rings (SSSR count). The molecule has 4 nitrogen and oxygen atoms in total. The van der Waals surface area contributed by atoms with E-state index in [1.165, 1.54) is 24.3 Å². The van der Waals surface area contributed by atoms with Gasteiger partial charge in [-0.25, -0.2) is 4.39 Å². The van der Waals surface area contributed by atoms with Gasteiger partial charge in [0.2, 0.25) is 5.91 Å². The van der Waals surface area contributed by atoms with E-state index in [9.17, 15) is 22.4 Å². The van der Waals surface area contributed by atoms with Gasteiger partial charge in [0.25, 0.3) is 0 Å². The molecule has 1 amide bonds. The van der Waals surface area contributed by atoms with Crippen molar-refractivity contribution in [3.63, 3.8) is 0 Å². The lowest BCUT2D eigenvalue weighted by Crippen LogP contribution is -2.61. The molecule has 8 heteroatoms. The van der Waals surface area contributed by atoms with Crippen LogP contribution >= 0.6 is 0 Å². The monoisotopic (exact) mass is 449 g/mol. The van der Waals surface area contributed by atoms with Crippen molar-refractivity contribution in [1.82, 2.24) is 5.32 Å². The summed E-state index contributed by atoms with van der Waals surface area (Å²) < 4.78 is 53.3. The molecular formula is C24H27F4N3O. The molecule has 2 aliphatic heterocycles. The summed E-state index contributed by atoms with van der Waals surface area (Å²) in [5, 5.41) is 2.97. The van der Waals surface area contributed by atoms with E-state index in [2.05, 4.69) is 15.1 Å². The lowest BCUT2D eigenvalue weighted by molar-refractivity contribution is -0.137. The summed E-state index contributed by atoms with van der Waals surface area (Å²) in [6.45, 7) is 6.23. The summed E-state index contributed by atoms with van der Waals surface area (Å²) in [7, 11) is 0. The normalized spacial score (nSPS) is 20.7. The average molecular weight is 449 g/mol. The Balaban J connectivity index is 1.66. The van der Waals surface area contributed by atoms with Gasteiger partial charge in [0, 0.05) is 37.6 Å². The number of anilines is 2. The lowest BCUT2D eigenvalue weighted by atomic mass is 9.82. The number of amides is 1. The third-order valence-corrected chi connectivity index (χ3v) is 6.25. The van der Waals surface area contributed by atoms with E-state index in [1.54, 1.807) is 12.1 Å². The van der Waals surface area contributed by atoms with Crippen LogP contribution in [0.4, 0.5) is 28.9 Å². The smallest absolute Gasteiger partial charge is 0.368 e. The number of hydrogen-bond acceptors (Lipinski definition) is 3. The van der Waals surface area contributed by atoms with Gasteiger partial charge in [-0.2, -0.15) is 13.2 Å². The number of benzene rings is 2. The van der Waals surface area contributed by atoms with Crippen molar-refractivity contribution in [2.24, 2.45) is 11.8 Å². The van der Waals surface area contributed by atoms with E-state index in [4.69, 9.17) is 0 Å². The second-order valence-corrected chi connectivity index (χ2v) is 8.97. The van der Waals surface area contributed by atoms with Gasteiger partial charge in [-0.3, -0.25) is 4.79 Å². The van der Waals surface area contributed by atoms with Gasteiger partial charge >= 0.3 is 6.18 Å². The van der Waals surface area contributed by atoms with E-state index in [1.807, 2.05) is 13.8 Å². The molecule has 172 valence electrons. The number of alkyl halides is 3. The van der Waals surface area contributed by atoms with Crippen LogP contribution in [0.5, 0.6) is 0 Å². The number of nitrogens with zero attached hydrogens (tertiary/aromatic N) is 2. The summed E-state index contributed by atoms with van der Waals surface area (Å²) >= 11 is 0. The van der Waals surface area contributed by atoms with Gasteiger partial charge in [-0.15, -0.1) is 0 Å². The topological polar surface area (TPSA) is 35.6 Å². The molecule has 2 aromatic carbocycles. The van der Waals surface area contributed by atoms with Crippen LogP contribution in [-0.2, 0) is 17.4 Å². The highest BCUT2D eigenvalue weighted by Crippen LogP contribution is 2.40. The molecule has 2 unspecified atom stereocenters. The number of carbonyl (C=O) groups is 1. The third kappa shape index (κ3) is 4.54. The fourth-order valence-electron chi connectivity index (χ4n) is 4.62. The van der Waals surface area contributed by atoms with Crippen molar-refractivity contribution >= 4 is 17.3 Å². The molecule has 0 saturated carbocycles. The van der Waals surface area contributed by atoms with Crippen molar-refractivity contribution in [2.45, 2.75) is 32.5 Å². The molecule has 1 fully saturated rings. The zero-order valence-electron chi connectivity index (χ0n) is 18.1. The largest absolute Gasteiger partial charge is 0.416 e. The van der Waals surface area contributed by atoms with Gasteiger partial charge in [0.05, 0.1) is 17.5 Å². The van der Waals surface area contributed by atoms with Gasteiger partial charge in [-0.05, 0) is 60.4 Å². The van der Waals surface area contributed by atoms with Crippen molar-refractivity contribution in [3.8, 4) is 0 Å². The van der Waals surface area contributed by atoms with Gasteiger partial charge in [-0.1, -0.05) is 13.8 Å². The predicted octanol–water partition coefficient (Wildman–Crippen LogP) is 4.48. The Bertz CT molecular complexity index is 974. The van der Waals surface area contributed by atoms with E-state index in [0.717, 1.165) is 17.4 Å². The molecular weight excluding hydrogens is 422 g/mol. The highest BCUT2D eigenvalue weighted by molar-refractivity contribution is 5.82. The van der Waals surface area contributed by atoms with Gasteiger partial charge in [0.1, 0.15) is 5.82 Å². The summed E-state index contributed by atoms with van der Waals surface area (Å²) in [6.07, 6.45) is -4.18. The van der Waals surface area contributed by atoms with Crippen LogP contribution in [0.2, 0.25) is 0 Å². The van der Waals surface area contributed by atoms with Crippen LogP contribution in [0, 0.1) is 17.7 Å². The minimum absolute atomic E-state index is 0.141. The molecule has 0 bridgehead atoms. The van der Waals surface area contributed by atoms with E-state index in [-0.39, 0.29) is 30.1 Å². The maximum Gasteiger partial charge on any atom is 0.416 e. The second kappa shape index (κ2) is 8.64. The first-order chi connectivity index (χ1) is 15.1. The molecule has 1 saturated heterocycles. The Morgan fingerprint density at radius 2 is 1.84 bits per heavy atom. The van der Waals surface area contributed by atoms with E-state index >= 15 is 0 Å². The Morgan fingerprint density at radius 1 is 1.12 bits per heavy atom. The molecule has 0 radical (unpaired) electrons. The number of fused-ring (bicyclic) bond motifs is 3. The minimum Gasteiger partial charge on any atom is -0.368 e. The SMILES string of the molecule is CC(C)CNC(=O)C1Cc2cc(C(F)(F)F)ccc2N2CCN(c3ccc(F)cc3)CC12. The fourth-order valence-corrected chi connectivity index (χ4v) is 4.62. The summed E-state index contributed by atoms with van der Waals surface area (Å²) in [5.74, 6) is -0.666. The molecule has 2 atom stereocenters. The summed E-state index contributed by atoms with van der Waals surface area (Å²) in [6, 6.07) is 9.87. The molecule has 1 N–H and O–H groups in total. The van der Waals surface area contributed by atoms with E-state index < -0.39 is 17.7 Å². The highest BCUT2D eigenvalue weighted by atomic mass is 19.4. The first kappa shape index (κ1) is 22.4. The van der Waals surface area contributed by atoms with E-state index in [0.29, 0.717) is 31.7 Å². The maximum atomic E-state index is 13.4. The van der Waals surface area contributed by atoms with Crippen molar-refractivity contribution in [2.75, 3.05) is 36.0 Å². The van der Waals surface area contributed by atoms with Crippen molar-refractivity contribution in [1.29, 1.82) is 0 Å².